The van der Waals surface area contributed by atoms with Crippen LogP contribution in [-0.2, 0) is 9.59 Å². The number of hydrogen-bond acceptors (Lipinski definition) is 2. The fraction of sp³-hybridized carbons (Fsp3) is 0.882. The highest BCUT2D eigenvalue weighted by Crippen LogP contribution is 2.45. The zero-order chi connectivity index (χ0) is 14.9. The number of carbonyl (C=O) groups is 2. The quantitative estimate of drug-likeness (QED) is 0.866. The number of carboxylic acid groups (broad SMARTS) is 1. The van der Waals surface area contributed by atoms with Crippen molar-refractivity contribution in [2.75, 3.05) is 6.54 Å². The van der Waals surface area contributed by atoms with Crippen LogP contribution in [0, 0.1) is 11.3 Å². The first-order chi connectivity index (χ1) is 10.1. The van der Waals surface area contributed by atoms with E-state index in [0.717, 1.165) is 45.1 Å². The molecule has 0 radical (unpaired) electrons. The van der Waals surface area contributed by atoms with Crippen molar-refractivity contribution in [1.82, 2.24) is 4.90 Å². The summed E-state index contributed by atoms with van der Waals surface area (Å²) in [4.78, 5) is 26.1. The number of fused-ring (bicyclic) bond motifs is 1. The smallest absolute Gasteiger partial charge is 0.303 e. The van der Waals surface area contributed by atoms with Crippen LogP contribution in [0.5, 0.6) is 0 Å². The maximum absolute atomic E-state index is 12.8. The molecule has 2 atom stereocenters. The van der Waals surface area contributed by atoms with Crippen LogP contribution < -0.4 is 0 Å². The Morgan fingerprint density at radius 2 is 1.71 bits per heavy atom. The van der Waals surface area contributed by atoms with Crippen LogP contribution in [0.4, 0.5) is 0 Å². The van der Waals surface area contributed by atoms with Gasteiger partial charge in [-0.05, 0) is 49.9 Å². The fourth-order valence-corrected chi connectivity index (χ4v) is 5.05. The van der Waals surface area contributed by atoms with Crippen LogP contribution in [0.25, 0.3) is 0 Å². The lowest BCUT2D eigenvalue weighted by molar-refractivity contribution is -0.143. The largest absolute Gasteiger partial charge is 0.481 e. The molecule has 1 N–H and O–H groups in total. The van der Waals surface area contributed by atoms with Crippen molar-refractivity contribution in [3.63, 3.8) is 0 Å². The van der Waals surface area contributed by atoms with Gasteiger partial charge in [0.25, 0.3) is 0 Å². The second-order valence-electron chi connectivity index (χ2n) is 7.44. The first kappa shape index (κ1) is 14.9. The lowest BCUT2D eigenvalue weighted by atomic mass is 9.78. The van der Waals surface area contributed by atoms with E-state index in [2.05, 4.69) is 4.90 Å². The molecule has 0 aromatic heterocycles. The normalized spacial score (nSPS) is 31.1. The number of piperidine rings is 1. The van der Waals surface area contributed by atoms with Crippen LogP contribution >= 0.6 is 0 Å². The van der Waals surface area contributed by atoms with Gasteiger partial charge in [-0.2, -0.15) is 0 Å². The Balaban J connectivity index is 1.67. The molecule has 118 valence electrons. The lowest BCUT2D eigenvalue weighted by Crippen LogP contribution is -2.47. The standard InChI is InChI=1S/C17H27NO3/c19-15(11-17(12-16(20)21)8-1-2-9-17)18-10-4-6-13-5-3-7-14(13)18/h13-14H,1-12H2,(H,20,21). The molecule has 21 heavy (non-hydrogen) atoms. The van der Waals surface area contributed by atoms with Gasteiger partial charge >= 0.3 is 5.97 Å². The van der Waals surface area contributed by atoms with E-state index in [1.165, 1.54) is 19.3 Å². The van der Waals surface area contributed by atoms with Gasteiger partial charge in [-0.1, -0.05) is 19.3 Å². The van der Waals surface area contributed by atoms with Gasteiger partial charge in [-0.15, -0.1) is 0 Å². The summed E-state index contributed by atoms with van der Waals surface area (Å²) in [6, 6.07) is 0.453. The minimum absolute atomic E-state index is 0.167. The number of carboxylic acids is 1. The van der Waals surface area contributed by atoms with Crippen molar-refractivity contribution in [3.05, 3.63) is 0 Å². The number of carbonyl (C=O) groups excluding carboxylic acids is 1. The van der Waals surface area contributed by atoms with Crippen molar-refractivity contribution < 1.29 is 14.7 Å². The first-order valence-corrected chi connectivity index (χ1v) is 8.61. The second-order valence-corrected chi connectivity index (χ2v) is 7.44. The zero-order valence-electron chi connectivity index (χ0n) is 12.9. The molecule has 3 rings (SSSR count). The molecular formula is C17H27NO3. The highest BCUT2D eigenvalue weighted by atomic mass is 16.4. The molecule has 1 aliphatic heterocycles. The zero-order valence-corrected chi connectivity index (χ0v) is 12.9. The molecule has 2 unspecified atom stereocenters. The Morgan fingerprint density at radius 1 is 1.00 bits per heavy atom. The minimum atomic E-state index is -0.748. The van der Waals surface area contributed by atoms with Crippen molar-refractivity contribution in [3.8, 4) is 0 Å². The van der Waals surface area contributed by atoms with Crippen LogP contribution in [0.15, 0.2) is 0 Å². The molecule has 0 bridgehead atoms. The van der Waals surface area contributed by atoms with E-state index in [1.807, 2.05) is 0 Å². The maximum Gasteiger partial charge on any atom is 0.303 e. The molecule has 1 amide bonds. The van der Waals surface area contributed by atoms with E-state index in [-0.39, 0.29) is 17.7 Å². The van der Waals surface area contributed by atoms with Crippen molar-refractivity contribution >= 4 is 11.9 Å². The topological polar surface area (TPSA) is 57.6 Å². The Labute approximate surface area is 126 Å². The minimum Gasteiger partial charge on any atom is -0.481 e. The van der Waals surface area contributed by atoms with Gasteiger partial charge in [0.15, 0.2) is 0 Å². The summed E-state index contributed by atoms with van der Waals surface area (Å²) in [6.07, 6.45) is 10.7. The molecular weight excluding hydrogens is 266 g/mol. The predicted octanol–water partition coefficient (Wildman–Crippen LogP) is 3.20. The van der Waals surface area contributed by atoms with Gasteiger partial charge in [-0.3, -0.25) is 9.59 Å². The Kier molecular flexibility index (Phi) is 4.23. The van der Waals surface area contributed by atoms with E-state index in [4.69, 9.17) is 0 Å². The number of likely N-dealkylation sites (tertiary alicyclic amines) is 1. The molecule has 0 aromatic carbocycles. The fourth-order valence-electron chi connectivity index (χ4n) is 5.05. The Hall–Kier alpha value is -1.06. The average molecular weight is 293 g/mol. The molecule has 4 heteroatoms. The van der Waals surface area contributed by atoms with E-state index in [9.17, 15) is 14.7 Å². The summed E-state index contributed by atoms with van der Waals surface area (Å²) in [5.41, 5.74) is -0.255. The highest BCUT2D eigenvalue weighted by Gasteiger charge is 2.42. The monoisotopic (exact) mass is 293 g/mol. The molecule has 3 fully saturated rings. The third-order valence-electron chi connectivity index (χ3n) is 6.03. The molecule has 1 heterocycles. The number of rotatable bonds is 4. The lowest BCUT2D eigenvalue weighted by Gasteiger charge is -2.40. The number of amides is 1. The van der Waals surface area contributed by atoms with Crippen LogP contribution in [0.2, 0.25) is 0 Å². The van der Waals surface area contributed by atoms with E-state index < -0.39 is 5.97 Å². The van der Waals surface area contributed by atoms with Crippen molar-refractivity contribution in [1.29, 1.82) is 0 Å². The van der Waals surface area contributed by atoms with Gasteiger partial charge < -0.3 is 10.0 Å². The SMILES string of the molecule is O=C(O)CC1(CC(=O)N2CCCC3CCCC32)CCCC1. The maximum atomic E-state index is 12.8. The van der Waals surface area contributed by atoms with Gasteiger partial charge in [0.05, 0.1) is 6.42 Å². The second kappa shape index (κ2) is 5.98. The molecule has 0 spiro atoms. The molecule has 2 aliphatic carbocycles. The van der Waals surface area contributed by atoms with Crippen LogP contribution in [-0.4, -0.2) is 34.5 Å². The third-order valence-corrected chi connectivity index (χ3v) is 6.03. The summed E-state index contributed by atoms with van der Waals surface area (Å²) >= 11 is 0. The molecule has 2 saturated carbocycles. The molecule has 3 aliphatic rings. The summed E-state index contributed by atoms with van der Waals surface area (Å²) in [5, 5.41) is 9.19. The summed E-state index contributed by atoms with van der Waals surface area (Å²) in [5.74, 6) is 0.193. The highest BCUT2D eigenvalue weighted by molar-refractivity contribution is 5.79. The van der Waals surface area contributed by atoms with Gasteiger partial charge in [0, 0.05) is 19.0 Å². The van der Waals surface area contributed by atoms with E-state index >= 15 is 0 Å². The van der Waals surface area contributed by atoms with E-state index in [0.29, 0.717) is 18.4 Å². The third kappa shape index (κ3) is 3.09. The van der Waals surface area contributed by atoms with Crippen molar-refractivity contribution in [2.24, 2.45) is 11.3 Å². The van der Waals surface area contributed by atoms with Gasteiger partial charge in [0.1, 0.15) is 0 Å². The summed E-state index contributed by atoms with van der Waals surface area (Å²) < 4.78 is 0. The number of hydrogen-bond donors (Lipinski definition) is 1. The Morgan fingerprint density at radius 3 is 2.43 bits per heavy atom. The summed E-state index contributed by atoms with van der Waals surface area (Å²) in [7, 11) is 0. The van der Waals surface area contributed by atoms with Gasteiger partial charge in [-0.25, -0.2) is 0 Å². The molecule has 1 saturated heterocycles. The number of aliphatic carboxylic acids is 1. The number of nitrogens with zero attached hydrogens (tertiary/aromatic N) is 1. The van der Waals surface area contributed by atoms with Crippen molar-refractivity contribution in [2.45, 2.75) is 76.7 Å². The Bertz CT molecular complexity index is 414. The average Bonchev–Trinajstić information content (AvgIpc) is 3.06. The van der Waals surface area contributed by atoms with Crippen LogP contribution in [0.1, 0.15) is 70.6 Å². The summed E-state index contributed by atoms with van der Waals surface area (Å²) in [6.45, 7) is 0.892. The van der Waals surface area contributed by atoms with E-state index in [1.54, 1.807) is 0 Å². The molecule has 4 nitrogen and oxygen atoms in total. The van der Waals surface area contributed by atoms with Gasteiger partial charge in [0.2, 0.25) is 5.91 Å². The van der Waals surface area contributed by atoms with Crippen LogP contribution in [0.3, 0.4) is 0 Å². The predicted molar refractivity (Wildman–Crippen MR) is 79.8 cm³/mol. The molecule has 0 aromatic rings. The first-order valence-electron chi connectivity index (χ1n) is 8.61.